The third-order valence-corrected chi connectivity index (χ3v) is 5.50. The van der Waals surface area contributed by atoms with Crippen molar-refractivity contribution in [3.63, 3.8) is 0 Å². The summed E-state index contributed by atoms with van der Waals surface area (Å²) in [5.74, 6) is -0.118. The van der Waals surface area contributed by atoms with Crippen molar-refractivity contribution in [3.8, 4) is 0 Å². The van der Waals surface area contributed by atoms with Gasteiger partial charge < -0.3 is 4.90 Å². The third-order valence-electron chi connectivity index (χ3n) is 5.15. The van der Waals surface area contributed by atoms with Gasteiger partial charge >= 0.3 is 5.69 Å². The number of rotatable bonds is 3. The summed E-state index contributed by atoms with van der Waals surface area (Å²) < 4.78 is 1.26. The molecule has 0 spiro atoms. The summed E-state index contributed by atoms with van der Waals surface area (Å²) >= 11 is 6.11. The highest BCUT2D eigenvalue weighted by molar-refractivity contribution is 6.32. The number of halogens is 1. The number of nitrogens with one attached hydrogen (secondary N) is 1. The van der Waals surface area contributed by atoms with E-state index in [9.17, 15) is 14.4 Å². The minimum atomic E-state index is -0.468. The Morgan fingerprint density at radius 3 is 2.66 bits per heavy atom. The predicted octanol–water partition coefficient (Wildman–Crippen LogP) is 2.62. The molecule has 0 unspecified atom stereocenters. The first-order valence-corrected chi connectivity index (χ1v) is 9.73. The van der Waals surface area contributed by atoms with Gasteiger partial charge in [0.05, 0.1) is 5.39 Å². The average Bonchev–Trinajstić information content (AvgIpc) is 2.73. The SMILES string of the molecule is O=C(C=Cc1ccccc1Cl)N1CCC(n2c(=O)[nH]c3ncccc3c2=O)CC1. The molecular weight excluding hydrogens is 392 g/mol. The van der Waals surface area contributed by atoms with Gasteiger partial charge in [-0.15, -0.1) is 0 Å². The highest BCUT2D eigenvalue weighted by Gasteiger charge is 2.25. The van der Waals surface area contributed by atoms with Crippen LogP contribution in [0.15, 0.2) is 58.3 Å². The van der Waals surface area contributed by atoms with Crippen molar-refractivity contribution in [1.29, 1.82) is 0 Å². The van der Waals surface area contributed by atoms with Crippen molar-refractivity contribution in [2.24, 2.45) is 0 Å². The largest absolute Gasteiger partial charge is 0.339 e. The topological polar surface area (TPSA) is 88.1 Å². The number of fused-ring (bicyclic) bond motifs is 1. The van der Waals surface area contributed by atoms with Crippen molar-refractivity contribution < 1.29 is 4.79 Å². The van der Waals surface area contributed by atoms with Crippen LogP contribution in [0.1, 0.15) is 24.4 Å². The number of H-pyrrole nitrogens is 1. The second-order valence-electron chi connectivity index (χ2n) is 6.92. The lowest BCUT2D eigenvalue weighted by Crippen LogP contribution is -2.44. The quantitative estimate of drug-likeness (QED) is 0.672. The lowest BCUT2D eigenvalue weighted by atomic mass is 10.0. The molecule has 1 aliphatic rings. The molecule has 1 aliphatic heterocycles. The van der Waals surface area contributed by atoms with Gasteiger partial charge in [0.2, 0.25) is 5.91 Å². The zero-order valence-electron chi connectivity index (χ0n) is 15.5. The molecule has 1 fully saturated rings. The highest BCUT2D eigenvalue weighted by Crippen LogP contribution is 2.21. The Bertz CT molecular complexity index is 1210. The predicted molar refractivity (Wildman–Crippen MR) is 112 cm³/mol. The minimum absolute atomic E-state index is 0.118. The number of aromatic amines is 1. The molecule has 3 heterocycles. The highest BCUT2D eigenvalue weighted by atomic mass is 35.5. The monoisotopic (exact) mass is 410 g/mol. The van der Waals surface area contributed by atoms with E-state index in [-0.39, 0.29) is 23.2 Å². The van der Waals surface area contributed by atoms with Gasteiger partial charge in [-0.2, -0.15) is 0 Å². The van der Waals surface area contributed by atoms with Crippen LogP contribution in [0.5, 0.6) is 0 Å². The standard InChI is InChI=1S/C21H19ClN4O3/c22-17-6-2-1-4-14(17)7-8-18(27)25-12-9-15(10-13-25)26-20(28)16-5-3-11-23-19(16)24-21(26)29/h1-8,11,15H,9-10,12-13H2,(H,23,24,29). The number of hydrogen-bond donors (Lipinski definition) is 1. The van der Waals surface area contributed by atoms with Gasteiger partial charge in [-0.1, -0.05) is 29.8 Å². The maximum atomic E-state index is 12.8. The minimum Gasteiger partial charge on any atom is -0.339 e. The Morgan fingerprint density at radius 1 is 1.14 bits per heavy atom. The van der Waals surface area contributed by atoms with E-state index < -0.39 is 5.69 Å². The fourth-order valence-corrected chi connectivity index (χ4v) is 3.81. The van der Waals surface area contributed by atoms with Gasteiger partial charge in [-0.25, -0.2) is 9.78 Å². The number of hydrogen-bond acceptors (Lipinski definition) is 4. The fraction of sp³-hybridized carbons (Fsp3) is 0.238. The van der Waals surface area contributed by atoms with E-state index >= 15 is 0 Å². The van der Waals surface area contributed by atoms with Crippen LogP contribution in [0.3, 0.4) is 0 Å². The van der Waals surface area contributed by atoms with E-state index in [1.165, 1.54) is 16.8 Å². The summed E-state index contributed by atoms with van der Waals surface area (Å²) in [4.78, 5) is 46.1. The molecule has 0 radical (unpaired) electrons. The van der Waals surface area contributed by atoms with E-state index in [2.05, 4.69) is 9.97 Å². The smallest absolute Gasteiger partial charge is 0.330 e. The number of nitrogens with zero attached hydrogens (tertiary/aromatic N) is 3. The third kappa shape index (κ3) is 3.86. The van der Waals surface area contributed by atoms with Crippen molar-refractivity contribution in [1.82, 2.24) is 19.4 Å². The van der Waals surface area contributed by atoms with Gasteiger partial charge in [0.25, 0.3) is 5.56 Å². The normalized spacial score (nSPS) is 15.3. The maximum Gasteiger partial charge on any atom is 0.330 e. The molecule has 0 aliphatic carbocycles. The van der Waals surface area contributed by atoms with Crippen LogP contribution in [0.25, 0.3) is 17.1 Å². The second kappa shape index (κ2) is 8.05. The van der Waals surface area contributed by atoms with Gasteiger partial charge in [-0.05, 0) is 42.7 Å². The summed E-state index contributed by atoms with van der Waals surface area (Å²) in [7, 11) is 0. The van der Waals surface area contributed by atoms with Crippen molar-refractivity contribution >= 4 is 34.6 Å². The lowest BCUT2D eigenvalue weighted by molar-refractivity contribution is -0.127. The Balaban J connectivity index is 1.48. The number of likely N-dealkylation sites (tertiary alicyclic amines) is 1. The summed E-state index contributed by atoms with van der Waals surface area (Å²) in [5.41, 5.74) is 0.251. The summed E-state index contributed by atoms with van der Waals surface area (Å²) in [5, 5.41) is 0.966. The molecule has 148 valence electrons. The zero-order valence-corrected chi connectivity index (χ0v) is 16.3. The molecule has 7 nitrogen and oxygen atoms in total. The molecule has 1 saturated heterocycles. The van der Waals surface area contributed by atoms with Crippen LogP contribution in [0.4, 0.5) is 0 Å². The number of pyridine rings is 1. The molecule has 1 aromatic carbocycles. The number of piperidine rings is 1. The average molecular weight is 411 g/mol. The van der Waals surface area contributed by atoms with E-state index in [1.807, 2.05) is 18.2 Å². The summed E-state index contributed by atoms with van der Waals surface area (Å²) in [6.07, 6.45) is 5.79. The van der Waals surface area contributed by atoms with Crippen LogP contribution in [-0.4, -0.2) is 38.4 Å². The number of aromatic nitrogens is 3. The molecule has 1 amide bonds. The van der Waals surface area contributed by atoms with Crippen molar-refractivity contribution in [2.45, 2.75) is 18.9 Å². The molecule has 1 N–H and O–H groups in total. The molecule has 29 heavy (non-hydrogen) atoms. The number of carbonyl (C=O) groups excluding carboxylic acids is 1. The van der Waals surface area contributed by atoms with Crippen molar-refractivity contribution in [2.75, 3.05) is 13.1 Å². The van der Waals surface area contributed by atoms with Crippen molar-refractivity contribution in [3.05, 3.63) is 80.1 Å². The van der Waals surface area contributed by atoms with Gasteiger partial charge in [0.1, 0.15) is 5.65 Å². The van der Waals surface area contributed by atoms with Crippen LogP contribution in [0, 0.1) is 0 Å². The number of amides is 1. The molecule has 0 atom stereocenters. The second-order valence-corrected chi connectivity index (χ2v) is 7.32. The Hall–Kier alpha value is -3.19. The van der Waals surface area contributed by atoms with Crippen LogP contribution in [-0.2, 0) is 4.79 Å². The van der Waals surface area contributed by atoms with Crippen LogP contribution < -0.4 is 11.2 Å². The van der Waals surface area contributed by atoms with Crippen LogP contribution in [0.2, 0.25) is 5.02 Å². The maximum absolute atomic E-state index is 12.8. The van der Waals surface area contributed by atoms with E-state index in [4.69, 9.17) is 11.6 Å². The molecular formula is C21H19ClN4O3. The van der Waals surface area contributed by atoms with Crippen LogP contribution >= 0.6 is 11.6 Å². The van der Waals surface area contributed by atoms with Gasteiger partial charge in [-0.3, -0.25) is 19.1 Å². The first kappa shape index (κ1) is 19.1. The Morgan fingerprint density at radius 2 is 1.90 bits per heavy atom. The fourth-order valence-electron chi connectivity index (χ4n) is 3.61. The molecule has 0 saturated carbocycles. The first-order valence-electron chi connectivity index (χ1n) is 9.35. The molecule has 8 heteroatoms. The number of benzene rings is 1. The van der Waals surface area contributed by atoms with Gasteiger partial charge in [0.15, 0.2) is 0 Å². The van der Waals surface area contributed by atoms with Gasteiger partial charge in [0, 0.05) is 36.4 Å². The summed E-state index contributed by atoms with van der Waals surface area (Å²) in [6, 6.07) is 10.4. The lowest BCUT2D eigenvalue weighted by Gasteiger charge is -2.31. The Kier molecular flexibility index (Phi) is 5.31. The summed E-state index contributed by atoms with van der Waals surface area (Å²) in [6.45, 7) is 0.931. The molecule has 3 aromatic rings. The number of carbonyl (C=O) groups is 1. The zero-order chi connectivity index (χ0) is 20.4. The van der Waals surface area contributed by atoms with E-state index in [0.29, 0.717) is 36.3 Å². The first-order chi connectivity index (χ1) is 14.0. The van der Waals surface area contributed by atoms with E-state index in [1.54, 1.807) is 29.2 Å². The molecule has 0 bridgehead atoms. The van der Waals surface area contributed by atoms with E-state index in [0.717, 1.165) is 5.56 Å². The molecule has 4 rings (SSSR count). The Labute approximate surface area is 171 Å². The molecule has 2 aromatic heterocycles.